The molecular formula is C17H21NO. The Hall–Kier alpha value is -2.09. The molecular weight excluding hydrogens is 234 g/mol. The van der Waals surface area contributed by atoms with Crippen molar-refractivity contribution in [2.45, 2.75) is 13.8 Å². The van der Waals surface area contributed by atoms with Crippen molar-refractivity contribution in [1.82, 2.24) is 0 Å². The van der Waals surface area contributed by atoms with Crippen LogP contribution in [0, 0.1) is 5.92 Å². The highest BCUT2D eigenvalue weighted by atomic mass is 16.1. The van der Waals surface area contributed by atoms with E-state index in [0.29, 0.717) is 0 Å². The monoisotopic (exact) mass is 255 g/mol. The average Bonchev–Trinajstić information content (AvgIpc) is 2.44. The minimum absolute atomic E-state index is 0.130. The van der Waals surface area contributed by atoms with Crippen molar-refractivity contribution in [1.29, 1.82) is 0 Å². The molecule has 0 aliphatic rings. The third-order valence-electron chi connectivity index (χ3n) is 2.88. The van der Waals surface area contributed by atoms with Gasteiger partial charge in [0.15, 0.2) is 5.78 Å². The molecule has 0 saturated carbocycles. The fraction of sp³-hybridized carbons (Fsp3) is 0.235. The van der Waals surface area contributed by atoms with E-state index in [4.69, 9.17) is 0 Å². The summed E-state index contributed by atoms with van der Waals surface area (Å²) in [5, 5.41) is 3.04. The Morgan fingerprint density at radius 2 is 1.95 bits per heavy atom. The summed E-state index contributed by atoms with van der Waals surface area (Å²) < 4.78 is 0. The number of allylic oxidation sites excluding steroid dienone is 5. The number of carbonyl (C=O) groups excluding carboxylic acids is 1. The van der Waals surface area contributed by atoms with E-state index in [9.17, 15) is 4.79 Å². The van der Waals surface area contributed by atoms with Crippen molar-refractivity contribution in [3.63, 3.8) is 0 Å². The second kappa shape index (κ2) is 7.37. The number of anilines is 1. The molecule has 0 aromatic heterocycles. The van der Waals surface area contributed by atoms with Gasteiger partial charge in [-0.2, -0.15) is 0 Å². The largest absolute Gasteiger partial charge is 0.388 e. The molecule has 19 heavy (non-hydrogen) atoms. The smallest absolute Gasteiger partial charge is 0.169 e. The Balaban J connectivity index is 2.81. The predicted molar refractivity (Wildman–Crippen MR) is 82.6 cm³/mol. The Morgan fingerprint density at radius 1 is 1.32 bits per heavy atom. The van der Waals surface area contributed by atoms with Crippen LogP contribution in [0.5, 0.6) is 0 Å². The standard InChI is InChI=1S/C17H21NO/c1-5-6-7-13(2)12-14(3)17(19)15-8-10-16(18-4)11-9-15/h5-12,14,18H,1H2,2-4H3/b7-6+,13-12+/t14-/m1/s1. The van der Waals surface area contributed by atoms with Gasteiger partial charge in [0, 0.05) is 24.2 Å². The SMILES string of the molecule is C=C/C=C/C(C)=C/[C@@H](C)C(=O)c1ccc(NC)cc1. The zero-order chi connectivity index (χ0) is 14.3. The molecule has 0 bridgehead atoms. The van der Waals surface area contributed by atoms with Crippen LogP contribution in [-0.2, 0) is 0 Å². The first kappa shape index (κ1) is 15.0. The number of ketones is 1. The summed E-state index contributed by atoms with van der Waals surface area (Å²) in [6.07, 6.45) is 7.50. The van der Waals surface area contributed by atoms with Crippen LogP contribution in [0.25, 0.3) is 0 Å². The third-order valence-corrected chi connectivity index (χ3v) is 2.88. The van der Waals surface area contributed by atoms with E-state index in [1.807, 2.05) is 63.4 Å². The molecule has 100 valence electrons. The lowest BCUT2D eigenvalue weighted by Gasteiger charge is -2.07. The average molecular weight is 255 g/mol. The van der Waals surface area contributed by atoms with Crippen LogP contribution in [0.2, 0.25) is 0 Å². The van der Waals surface area contributed by atoms with Crippen molar-refractivity contribution in [2.75, 3.05) is 12.4 Å². The molecule has 0 radical (unpaired) electrons. The highest BCUT2D eigenvalue weighted by molar-refractivity contribution is 5.99. The van der Waals surface area contributed by atoms with Crippen LogP contribution in [-0.4, -0.2) is 12.8 Å². The third kappa shape index (κ3) is 4.59. The highest BCUT2D eigenvalue weighted by Crippen LogP contribution is 2.15. The maximum absolute atomic E-state index is 12.2. The predicted octanol–water partition coefficient (Wildman–Crippen LogP) is 4.24. The number of hydrogen-bond donors (Lipinski definition) is 1. The number of Topliss-reactive ketones (excluding diaryl/α,β-unsaturated/α-hetero) is 1. The first-order valence-corrected chi connectivity index (χ1v) is 6.38. The van der Waals surface area contributed by atoms with E-state index < -0.39 is 0 Å². The molecule has 0 aliphatic carbocycles. The second-order valence-electron chi connectivity index (χ2n) is 4.49. The molecule has 1 rings (SSSR count). The summed E-state index contributed by atoms with van der Waals surface area (Å²) >= 11 is 0. The fourth-order valence-electron chi connectivity index (χ4n) is 1.81. The second-order valence-corrected chi connectivity index (χ2v) is 4.49. The van der Waals surface area contributed by atoms with Crippen LogP contribution < -0.4 is 5.32 Å². The lowest BCUT2D eigenvalue weighted by Crippen LogP contribution is -2.09. The fourth-order valence-corrected chi connectivity index (χ4v) is 1.81. The molecule has 1 aromatic carbocycles. The number of benzene rings is 1. The van der Waals surface area contributed by atoms with E-state index >= 15 is 0 Å². The number of carbonyl (C=O) groups is 1. The van der Waals surface area contributed by atoms with Gasteiger partial charge in [-0.15, -0.1) is 0 Å². The van der Waals surface area contributed by atoms with E-state index in [-0.39, 0.29) is 11.7 Å². The van der Waals surface area contributed by atoms with Crippen molar-refractivity contribution in [3.8, 4) is 0 Å². The molecule has 0 saturated heterocycles. The minimum Gasteiger partial charge on any atom is -0.388 e. The van der Waals surface area contributed by atoms with Crippen LogP contribution in [0.15, 0.2) is 60.7 Å². The zero-order valence-electron chi connectivity index (χ0n) is 11.8. The van der Waals surface area contributed by atoms with E-state index in [2.05, 4.69) is 11.9 Å². The summed E-state index contributed by atoms with van der Waals surface area (Å²) in [6.45, 7) is 7.52. The molecule has 0 aliphatic heterocycles. The molecule has 0 fully saturated rings. The first-order chi connectivity index (χ1) is 9.08. The van der Waals surface area contributed by atoms with Gasteiger partial charge in [-0.1, -0.05) is 43.4 Å². The highest BCUT2D eigenvalue weighted by Gasteiger charge is 2.12. The van der Waals surface area contributed by atoms with Crippen molar-refractivity contribution in [2.24, 2.45) is 5.92 Å². The molecule has 1 aromatic rings. The van der Waals surface area contributed by atoms with Gasteiger partial charge in [-0.25, -0.2) is 0 Å². The molecule has 0 amide bonds. The van der Waals surface area contributed by atoms with Gasteiger partial charge >= 0.3 is 0 Å². The van der Waals surface area contributed by atoms with E-state index in [1.165, 1.54) is 0 Å². The van der Waals surface area contributed by atoms with Gasteiger partial charge in [0.25, 0.3) is 0 Å². The summed E-state index contributed by atoms with van der Waals surface area (Å²) in [7, 11) is 1.86. The van der Waals surface area contributed by atoms with Gasteiger partial charge in [-0.3, -0.25) is 4.79 Å². The lowest BCUT2D eigenvalue weighted by molar-refractivity contribution is 0.0953. The zero-order valence-corrected chi connectivity index (χ0v) is 11.8. The molecule has 2 nitrogen and oxygen atoms in total. The summed E-state index contributed by atoms with van der Waals surface area (Å²) in [4.78, 5) is 12.2. The normalized spacial score (nSPS) is 13.3. The molecule has 0 heterocycles. The Labute approximate surface area is 115 Å². The molecule has 1 N–H and O–H groups in total. The van der Waals surface area contributed by atoms with Crippen LogP contribution in [0.4, 0.5) is 5.69 Å². The van der Waals surface area contributed by atoms with Gasteiger partial charge in [0.05, 0.1) is 0 Å². The molecule has 2 heteroatoms. The van der Waals surface area contributed by atoms with E-state index in [0.717, 1.165) is 16.8 Å². The summed E-state index contributed by atoms with van der Waals surface area (Å²) in [5.74, 6) is 0.00362. The maximum atomic E-state index is 12.2. The maximum Gasteiger partial charge on any atom is 0.169 e. The first-order valence-electron chi connectivity index (χ1n) is 6.38. The van der Waals surface area contributed by atoms with Gasteiger partial charge in [0.2, 0.25) is 0 Å². The molecule has 1 atom stereocenters. The molecule has 0 unspecified atom stereocenters. The Morgan fingerprint density at radius 3 is 2.47 bits per heavy atom. The Bertz CT molecular complexity index is 494. The van der Waals surface area contributed by atoms with Crippen molar-refractivity contribution >= 4 is 11.5 Å². The van der Waals surface area contributed by atoms with Crippen LogP contribution in [0.1, 0.15) is 24.2 Å². The van der Waals surface area contributed by atoms with Crippen molar-refractivity contribution < 1.29 is 4.79 Å². The van der Waals surface area contributed by atoms with E-state index in [1.54, 1.807) is 6.08 Å². The number of hydrogen-bond acceptors (Lipinski definition) is 2. The minimum atomic E-state index is -0.130. The Kier molecular flexibility index (Phi) is 5.80. The quantitative estimate of drug-likeness (QED) is 0.608. The van der Waals surface area contributed by atoms with Crippen LogP contribution in [0.3, 0.4) is 0 Å². The molecule has 0 spiro atoms. The summed E-state index contributed by atoms with van der Waals surface area (Å²) in [6, 6.07) is 7.53. The van der Waals surface area contributed by atoms with Crippen molar-refractivity contribution in [3.05, 3.63) is 66.3 Å². The lowest BCUT2D eigenvalue weighted by atomic mass is 9.97. The topological polar surface area (TPSA) is 29.1 Å². The van der Waals surface area contributed by atoms with Gasteiger partial charge in [0.1, 0.15) is 0 Å². The van der Waals surface area contributed by atoms with Gasteiger partial charge in [-0.05, 0) is 31.2 Å². The number of nitrogens with one attached hydrogen (secondary N) is 1. The van der Waals surface area contributed by atoms with Gasteiger partial charge < -0.3 is 5.32 Å². The number of rotatable bonds is 6. The van der Waals surface area contributed by atoms with Crippen LogP contribution >= 0.6 is 0 Å². The summed E-state index contributed by atoms with van der Waals surface area (Å²) in [5.41, 5.74) is 2.81.